The molecular formula is C21H23F3N2O3. The number of carbonyl (C=O) groups is 2. The molecule has 8 heteroatoms. The number of carbonyl (C=O) groups excluding carboxylic acids is 2. The molecule has 1 saturated carbocycles. The maximum Gasteiger partial charge on any atom is 0.406 e. The maximum absolute atomic E-state index is 12.9. The molecule has 1 aromatic heterocycles. The Hall–Kier alpha value is -2.64. The summed E-state index contributed by atoms with van der Waals surface area (Å²) in [5.74, 6) is -1.54. The van der Waals surface area contributed by atoms with Crippen LogP contribution in [0.1, 0.15) is 41.4 Å². The largest absolute Gasteiger partial charge is 0.452 e. The van der Waals surface area contributed by atoms with Crippen molar-refractivity contribution in [3.05, 3.63) is 41.1 Å². The summed E-state index contributed by atoms with van der Waals surface area (Å²) in [7, 11) is 0. The van der Waals surface area contributed by atoms with Crippen LogP contribution in [0, 0.1) is 19.8 Å². The van der Waals surface area contributed by atoms with Gasteiger partial charge in [0.1, 0.15) is 6.54 Å². The number of nitrogens with zero attached hydrogens (tertiary/aromatic N) is 2. The lowest BCUT2D eigenvalue weighted by molar-refractivity contribution is -0.167. The van der Waals surface area contributed by atoms with E-state index >= 15 is 0 Å². The van der Waals surface area contributed by atoms with Gasteiger partial charge in [0, 0.05) is 17.1 Å². The number of alkyl halides is 3. The lowest BCUT2D eigenvalue weighted by Crippen LogP contribution is -2.47. The Bertz CT molecular complexity index is 939. The number of fused-ring (bicyclic) bond motifs is 1. The van der Waals surface area contributed by atoms with Gasteiger partial charge in [0.2, 0.25) is 0 Å². The van der Waals surface area contributed by atoms with Crippen molar-refractivity contribution in [2.45, 2.75) is 45.8 Å². The number of halogens is 3. The Morgan fingerprint density at radius 2 is 1.93 bits per heavy atom. The van der Waals surface area contributed by atoms with Crippen molar-refractivity contribution in [1.82, 2.24) is 9.88 Å². The monoisotopic (exact) mass is 408 g/mol. The second-order valence-electron chi connectivity index (χ2n) is 7.62. The van der Waals surface area contributed by atoms with Gasteiger partial charge in [-0.3, -0.25) is 9.78 Å². The van der Waals surface area contributed by atoms with Crippen LogP contribution in [0.5, 0.6) is 0 Å². The summed E-state index contributed by atoms with van der Waals surface area (Å²) >= 11 is 0. The maximum atomic E-state index is 12.9. The average Bonchev–Trinajstić information content (AvgIpc) is 3.47. The number of hydrogen-bond donors (Lipinski definition) is 0. The van der Waals surface area contributed by atoms with Crippen molar-refractivity contribution in [3.8, 4) is 0 Å². The second-order valence-corrected chi connectivity index (χ2v) is 7.62. The SMILES string of the molecule is Cc1ccc2nc(C)cc(C(=O)OCC(=O)N(CC(F)(F)F)C(C)C3CC3)c2c1. The minimum absolute atomic E-state index is 0.0618. The fourth-order valence-electron chi connectivity index (χ4n) is 3.41. The lowest BCUT2D eigenvalue weighted by atomic mass is 10.1. The van der Waals surface area contributed by atoms with Crippen molar-refractivity contribution >= 4 is 22.8 Å². The van der Waals surface area contributed by atoms with Crippen LogP contribution in [0.15, 0.2) is 24.3 Å². The van der Waals surface area contributed by atoms with E-state index in [1.807, 2.05) is 13.0 Å². The standard InChI is InChI=1S/C21H23F3N2O3/c1-12-4-7-18-16(8-12)17(9-13(2)25-18)20(28)29-10-19(27)26(11-21(22,23)24)14(3)15-5-6-15/h4,7-9,14-15H,5-6,10-11H2,1-3H3. The zero-order valence-electron chi connectivity index (χ0n) is 16.5. The van der Waals surface area contributed by atoms with Gasteiger partial charge in [-0.1, -0.05) is 11.6 Å². The molecule has 1 heterocycles. The van der Waals surface area contributed by atoms with E-state index in [4.69, 9.17) is 4.74 Å². The zero-order valence-corrected chi connectivity index (χ0v) is 16.5. The summed E-state index contributed by atoms with van der Waals surface area (Å²) in [6, 6.07) is 6.43. The number of hydrogen-bond acceptors (Lipinski definition) is 4. The van der Waals surface area contributed by atoms with E-state index in [0.29, 0.717) is 16.6 Å². The van der Waals surface area contributed by atoms with E-state index in [-0.39, 0.29) is 11.5 Å². The Labute approximate surface area is 166 Å². The number of ether oxygens (including phenoxy) is 1. The van der Waals surface area contributed by atoms with Crippen molar-refractivity contribution in [2.75, 3.05) is 13.2 Å². The molecule has 1 aliphatic rings. The Kier molecular flexibility index (Phi) is 5.82. The minimum atomic E-state index is -4.52. The van der Waals surface area contributed by atoms with Crippen molar-refractivity contribution in [1.29, 1.82) is 0 Å². The third-order valence-corrected chi connectivity index (χ3v) is 5.10. The summed E-state index contributed by atoms with van der Waals surface area (Å²) in [4.78, 5) is 30.2. The molecule has 0 saturated heterocycles. The number of esters is 1. The summed E-state index contributed by atoms with van der Waals surface area (Å²) in [6.45, 7) is 3.11. The number of benzene rings is 1. The molecule has 29 heavy (non-hydrogen) atoms. The van der Waals surface area contributed by atoms with Crippen LogP contribution in [0.3, 0.4) is 0 Å². The highest BCUT2D eigenvalue weighted by Crippen LogP contribution is 2.36. The molecule has 0 spiro atoms. The zero-order chi connectivity index (χ0) is 21.3. The second kappa shape index (κ2) is 8.00. The van der Waals surface area contributed by atoms with E-state index < -0.39 is 37.2 Å². The first kappa shape index (κ1) is 21.1. The van der Waals surface area contributed by atoms with Crippen LogP contribution in [0.25, 0.3) is 10.9 Å². The lowest BCUT2D eigenvalue weighted by Gasteiger charge is -2.30. The highest BCUT2D eigenvalue weighted by molar-refractivity contribution is 6.04. The molecule has 156 valence electrons. The Balaban J connectivity index is 1.76. The molecule has 3 rings (SSSR count). The van der Waals surface area contributed by atoms with Crippen molar-refractivity contribution < 1.29 is 27.5 Å². The predicted molar refractivity (Wildman–Crippen MR) is 101 cm³/mol. The molecule has 2 aromatic rings. The molecule has 1 aromatic carbocycles. The first-order valence-electron chi connectivity index (χ1n) is 9.46. The predicted octanol–water partition coefficient (Wildman–Crippen LogP) is 4.20. The van der Waals surface area contributed by atoms with Crippen molar-refractivity contribution in [3.63, 3.8) is 0 Å². The van der Waals surface area contributed by atoms with Crippen LogP contribution in [-0.4, -0.2) is 47.1 Å². The number of aryl methyl sites for hydroxylation is 2. The van der Waals surface area contributed by atoms with Crippen molar-refractivity contribution in [2.24, 2.45) is 5.92 Å². The molecule has 1 unspecified atom stereocenters. The van der Waals surface area contributed by atoms with Gasteiger partial charge in [0.15, 0.2) is 6.61 Å². The van der Waals surface area contributed by atoms with E-state index in [1.165, 1.54) is 0 Å². The smallest absolute Gasteiger partial charge is 0.406 e. The number of pyridine rings is 1. The van der Waals surface area contributed by atoms with Gasteiger partial charge in [-0.2, -0.15) is 13.2 Å². The highest BCUT2D eigenvalue weighted by atomic mass is 19.4. The van der Waals surface area contributed by atoms with E-state index in [9.17, 15) is 22.8 Å². The Morgan fingerprint density at radius 3 is 2.55 bits per heavy atom. The molecule has 0 radical (unpaired) electrons. The van der Waals surface area contributed by atoms with E-state index in [0.717, 1.165) is 23.3 Å². The van der Waals surface area contributed by atoms with E-state index in [1.54, 1.807) is 32.0 Å². The molecule has 1 aliphatic carbocycles. The van der Waals surface area contributed by atoms with E-state index in [2.05, 4.69) is 4.98 Å². The normalized spacial score (nSPS) is 15.2. The molecule has 0 aliphatic heterocycles. The van der Waals surface area contributed by atoms with Crippen LogP contribution < -0.4 is 0 Å². The summed E-state index contributed by atoms with van der Waals surface area (Å²) < 4.78 is 43.9. The fraction of sp³-hybridized carbons (Fsp3) is 0.476. The molecule has 0 bridgehead atoms. The van der Waals surface area contributed by atoms with Gasteiger partial charge in [-0.15, -0.1) is 0 Å². The van der Waals surface area contributed by atoms with Crippen LogP contribution >= 0.6 is 0 Å². The molecule has 0 N–H and O–H groups in total. The molecular weight excluding hydrogens is 385 g/mol. The van der Waals surface area contributed by atoms with Crippen LogP contribution in [0.4, 0.5) is 13.2 Å². The quantitative estimate of drug-likeness (QED) is 0.673. The number of aromatic nitrogens is 1. The molecule has 1 fully saturated rings. The molecule has 1 atom stereocenters. The van der Waals surface area contributed by atoms with Gasteiger partial charge in [0.05, 0.1) is 11.1 Å². The fourth-order valence-corrected chi connectivity index (χ4v) is 3.41. The minimum Gasteiger partial charge on any atom is -0.452 e. The van der Waals surface area contributed by atoms with Gasteiger partial charge in [0.25, 0.3) is 5.91 Å². The van der Waals surface area contributed by atoms with Gasteiger partial charge >= 0.3 is 12.1 Å². The summed E-state index contributed by atoms with van der Waals surface area (Å²) in [5, 5.41) is 0.576. The molecule has 5 nitrogen and oxygen atoms in total. The summed E-state index contributed by atoms with van der Waals surface area (Å²) in [6.07, 6.45) is -2.92. The first-order chi connectivity index (χ1) is 13.5. The topological polar surface area (TPSA) is 59.5 Å². The number of rotatable bonds is 6. The van der Waals surface area contributed by atoms with Gasteiger partial charge in [-0.25, -0.2) is 4.79 Å². The van der Waals surface area contributed by atoms with Crippen LogP contribution in [0.2, 0.25) is 0 Å². The van der Waals surface area contributed by atoms with Crippen LogP contribution in [-0.2, 0) is 9.53 Å². The summed E-state index contributed by atoms with van der Waals surface area (Å²) in [5.41, 5.74) is 2.36. The number of amides is 1. The Morgan fingerprint density at radius 1 is 1.24 bits per heavy atom. The first-order valence-corrected chi connectivity index (χ1v) is 9.46. The molecule has 1 amide bonds. The average molecular weight is 408 g/mol. The highest BCUT2D eigenvalue weighted by Gasteiger charge is 2.40. The van der Waals surface area contributed by atoms with Gasteiger partial charge in [-0.05, 0) is 57.7 Å². The third-order valence-electron chi connectivity index (χ3n) is 5.10. The third kappa shape index (κ3) is 5.25. The van der Waals surface area contributed by atoms with Gasteiger partial charge < -0.3 is 9.64 Å².